The maximum atomic E-state index is 10.8. The molecule has 1 unspecified atom stereocenters. The van der Waals surface area contributed by atoms with Crippen LogP contribution in [0.25, 0.3) is 11.2 Å². The van der Waals surface area contributed by atoms with E-state index in [0.717, 1.165) is 0 Å². The summed E-state index contributed by atoms with van der Waals surface area (Å²) in [5.74, 6) is 0.248. The van der Waals surface area contributed by atoms with E-state index >= 15 is 0 Å². The van der Waals surface area contributed by atoms with Crippen molar-refractivity contribution in [3.05, 3.63) is 12.7 Å². The molecule has 0 saturated heterocycles. The van der Waals surface area contributed by atoms with Gasteiger partial charge in [-0.15, -0.1) is 0 Å². The summed E-state index contributed by atoms with van der Waals surface area (Å²) in [6.07, 6.45) is 2.27. The molecule has 110 valence electrons. The molecule has 11 heteroatoms. The number of nitrogen functional groups attached to an aromatic ring is 1. The third-order valence-electron chi connectivity index (χ3n) is 2.65. The van der Waals surface area contributed by atoms with Gasteiger partial charge in [0.25, 0.3) is 0 Å². The van der Waals surface area contributed by atoms with Crippen LogP contribution in [0.5, 0.6) is 0 Å². The van der Waals surface area contributed by atoms with Crippen molar-refractivity contribution in [2.45, 2.75) is 12.6 Å². The van der Waals surface area contributed by atoms with E-state index in [4.69, 9.17) is 15.5 Å². The molecule has 0 radical (unpaired) electrons. The van der Waals surface area contributed by atoms with Crippen LogP contribution in [0.15, 0.2) is 12.7 Å². The predicted molar refractivity (Wildman–Crippen MR) is 70.7 cm³/mol. The molecule has 20 heavy (non-hydrogen) atoms. The van der Waals surface area contributed by atoms with Gasteiger partial charge in [-0.2, -0.15) is 0 Å². The lowest BCUT2D eigenvalue weighted by Gasteiger charge is -2.17. The first-order valence-electron chi connectivity index (χ1n) is 5.71. The summed E-state index contributed by atoms with van der Waals surface area (Å²) < 4.78 is 12.4. The second kappa shape index (κ2) is 5.81. The van der Waals surface area contributed by atoms with Gasteiger partial charge in [-0.3, -0.25) is 9.88 Å². The number of aromatic nitrogens is 4. The summed E-state index contributed by atoms with van der Waals surface area (Å²) in [5, 5.41) is 11.8. The minimum absolute atomic E-state index is 0.240. The number of hydrogen-bond acceptors (Lipinski definition) is 7. The number of nitrogens with one attached hydrogen (secondary N) is 1. The number of aliphatic hydroxyl groups is 1. The molecule has 2 rings (SSSR count). The Bertz CT molecular complexity index is 640. The molecule has 0 fully saturated rings. The van der Waals surface area contributed by atoms with Gasteiger partial charge in [0.1, 0.15) is 11.8 Å². The van der Waals surface area contributed by atoms with Gasteiger partial charge < -0.3 is 25.2 Å². The molecule has 2 aromatic heterocycles. The largest absolute Gasteiger partial charge is 0.395 e. The van der Waals surface area contributed by atoms with Gasteiger partial charge in [0.2, 0.25) is 0 Å². The van der Waals surface area contributed by atoms with Gasteiger partial charge in [-0.25, -0.2) is 15.0 Å². The Morgan fingerprint density at radius 1 is 1.40 bits per heavy atom. The average molecular weight is 302 g/mol. The van der Waals surface area contributed by atoms with Gasteiger partial charge in [-0.05, 0) is 0 Å². The maximum absolute atomic E-state index is 10.8. The first-order valence-corrected chi connectivity index (χ1v) is 7.50. The number of rotatable bonds is 6. The SMILES string of the molecule is Nc1ncnc2c1ncn2CC(CO)NCP(=O)(O)O. The molecular weight excluding hydrogens is 287 g/mol. The Morgan fingerprint density at radius 2 is 2.15 bits per heavy atom. The van der Waals surface area contributed by atoms with Crippen LogP contribution in [0, 0.1) is 0 Å². The third-order valence-corrected chi connectivity index (χ3v) is 3.25. The first kappa shape index (κ1) is 14.8. The fourth-order valence-corrected chi connectivity index (χ4v) is 2.20. The number of anilines is 1. The molecule has 0 amide bonds. The summed E-state index contributed by atoms with van der Waals surface area (Å²) in [6.45, 7) is -0.0519. The molecule has 0 bridgehead atoms. The highest BCUT2D eigenvalue weighted by molar-refractivity contribution is 7.51. The maximum Gasteiger partial charge on any atom is 0.339 e. The number of imidazole rings is 1. The van der Waals surface area contributed by atoms with Crippen molar-refractivity contribution in [3.63, 3.8) is 0 Å². The zero-order chi connectivity index (χ0) is 14.8. The van der Waals surface area contributed by atoms with Gasteiger partial charge in [0.05, 0.1) is 19.2 Å². The normalized spacial score (nSPS) is 13.8. The number of nitrogens with zero attached hydrogens (tertiary/aromatic N) is 4. The second-order valence-electron chi connectivity index (χ2n) is 4.23. The Morgan fingerprint density at radius 3 is 2.80 bits per heavy atom. The lowest BCUT2D eigenvalue weighted by molar-refractivity contribution is 0.231. The van der Waals surface area contributed by atoms with Crippen LogP contribution in [0.4, 0.5) is 5.82 Å². The Hall–Kier alpha value is -1.58. The average Bonchev–Trinajstić information content (AvgIpc) is 2.78. The summed E-state index contributed by atoms with van der Waals surface area (Å²) >= 11 is 0. The topological polar surface area (TPSA) is 159 Å². The first-order chi connectivity index (χ1) is 9.40. The number of hydrogen-bond donors (Lipinski definition) is 5. The van der Waals surface area contributed by atoms with Crippen LogP contribution in [0.2, 0.25) is 0 Å². The predicted octanol–water partition coefficient (Wildman–Crippen LogP) is -1.51. The molecular formula is C9H15N6O4P. The summed E-state index contributed by atoms with van der Waals surface area (Å²) in [6, 6.07) is -0.545. The molecule has 0 spiro atoms. The lowest BCUT2D eigenvalue weighted by atomic mass is 10.3. The van der Waals surface area contributed by atoms with Crippen molar-refractivity contribution in [3.8, 4) is 0 Å². The van der Waals surface area contributed by atoms with Crippen LogP contribution in [0.1, 0.15) is 0 Å². The summed E-state index contributed by atoms with van der Waals surface area (Å²) in [4.78, 5) is 29.5. The van der Waals surface area contributed by atoms with E-state index in [1.54, 1.807) is 4.57 Å². The third kappa shape index (κ3) is 3.50. The second-order valence-corrected chi connectivity index (χ2v) is 5.88. The summed E-state index contributed by atoms with van der Waals surface area (Å²) in [5.41, 5.74) is 6.59. The highest BCUT2D eigenvalue weighted by Crippen LogP contribution is 2.32. The van der Waals surface area contributed by atoms with Gasteiger partial charge in [-0.1, -0.05) is 0 Å². The van der Waals surface area contributed by atoms with Gasteiger partial charge in [0.15, 0.2) is 11.5 Å². The van der Waals surface area contributed by atoms with Crippen LogP contribution in [0.3, 0.4) is 0 Å². The van der Waals surface area contributed by atoms with Gasteiger partial charge >= 0.3 is 7.60 Å². The monoisotopic (exact) mass is 302 g/mol. The van der Waals surface area contributed by atoms with Crippen LogP contribution in [-0.2, 0) is 11.1 Å². The van der Waals surface area contributed by atoms with Crippen molar-refractivity contribution < 1.29 is 19.5 Å². The van der Waals surface area contributed by atoms with E-state index in [2.05, 4.69) is 20.3 Å². The van der Waals surface area contributed by atoms with Crippen molar-refractivity contribution in [2.75, 3.05) is 18.6 Å². The Balaban J connectivity index is 2.14. The fourth-order valence-electron chi connectivity index (χ4n) is 1.70. The summed E-state index contributed by atoms with van der Waals surface area (Å²) in [7, 11) is -4.17. The molecule has 0 aliphatic rings. The lowest BCUT2D eigenvalue weighted by Crippen LogP contribution is -2.36. The van der Waals surface area contributed by atoms with E-state index in [1.165, 1.54) is 12.7 Å². The molecule has 1 atom stereocenters. The standard InChI is InChI=1S/C9H15N6O4P/c10-8-7-9(12-3-11-8)15(4-13-7)1-6(2-16)14-5-20(17,18)19/h3-4,6,14,16H,1-2,5H2,(H2,10,11,12)(H2,17,18,19). The van der Waals surface area contributed by atoms with E-state index in [9.17, 15) is 9.67 Å². The molecule has 6 N–H and O–H groups in total. The van der Waals surface area contributed by atoms with E-state index in [1.807, 2.05) is 0 Å². The highest BCUT2D eigenvalue weighted by atomic mass is 31.2. The molecule has 0 aromatic carbocycles. The molecule has 10 nitrogen and oxygen atoms in total. The molecule has 2 aromatic rings. The van der Waals surface area contributed by atoms with Crippen molar-refractivity contribution in [1.82, 2.24) is 24.8 Å². The van der Waals surface area contributed by atoms with E-state index in [0.29, 0.717) is 11.2 Å². The van der Waals surface area contributed by atoms with Gasteiger partial charge in [0, 0.05) is 12.6 Å². The zero-order valence-corrected chi connectivity index (χ0v) is 11.3. The van der Waals surface area contributed by atoms with Crippen LogP contribution < -0.4 is 11.1 Å². The minimum atomic E-state index is -4.17. The highest BCUT2D eigenvalue weighted by Gasteiger charge is 2.17. The number of aliphatic hydroxyl groups excluding tert-OH is 1. The minimum Gasteiger partial charge on any atom is -0.395 e. The number of fused-ring (bicyclic) bond motifs is 1. The molecule has 0 aliphatic heterocycles. The molecule has 0 saturated carbocycles. The van der Waals surface area contributed by atoms with Crippen molar-refractivity contribution in [1.29, 1.82) is 0 Å². The Kier molecular flexibility index (Phi) is 4.31. The molecule has 2 heterocycles. The molecule has 0 aliphatic carbocycles. The Labute approximate surface area is 113 Å². The number of nitrogens with two attached hydrogens (primary N) is 1. The quantitative estimate of drug-likeness (QED) is 0.400. The van der Waals surface area contributed by atoms with E-state index < -0.39 is 19.9 Å². The fraction of sp³-hybridized carbons (Fsp3) is 0.444. The smallest absolute Gasteiger partial charge is 0.339 e. The zero-order valence-electron chi connectivity index (χ0n) is 10.4. The van der Waals surface area contributed by atoms with E-state index in [-0.39, 0.29) is 19.0 Å². The van der Waals surface area contributed by atoms with Crippen LogP contribution in [-0.4, -0.2) is 53.3 Å². The van der Waals surface area contributed by atoms with Crippen molar-refractivity contribution >= 4 is 24.6 Å². The van der Waals surface area contributed by atoms with Crippen LogP contribution >= 0.6 is 7.60 Å². The van der Waals surface area contributed by atoms with Crippen molar-refractivity contribution in [2.24, 2.45) is 0 Å².